The Morgan fingerprint density at radius 1 is 0.800 bits per heavy atom. The number of fused-ring (bicyclic) bond motifs is 1. The Morgan fingerprint density at radius 2 is 1.67 bits per heavy atom. The van der Waals surface area contributed by atoms with Crippen LogP contribution in [0.4, 0.5) is 0 Å². The second-order valence-electron chi connectivity index (χ2n) is 4.02. The molecule has 15 heavy (non-hydrogen) atoms. The normalized spacial score (nSPS) is 13.9. The van der Waals surface area contributed by atoms with Crippen LogP contribution in [0.15, 0.2) is 48.5 Å². The Morgan fingerprint density at radius 3 is 2.53 bits per heavy atom. The first kappa shape index (κ1) is 8.72. The van der Waals surface area contributed by atoms with Crippen LogP contribution < -0.4 is 0 Å². The smallest absolute Gasteiger partial charge is 0.00868 e. The third-order valence-electron chi connectivity index (χ3n) is 3.03. The Labute approximate surface area is 90.6 Å². The molecule has 0 heteroatoms. The maximum Gasteiger partial charge on any atom is -0.00868 e. The van der Waals surface area contributed by atoms with Crippen LogP contribution in [0.5, 0.6) is 0 Å². The Hall–Kier alpha value is -1.56. The van der Waals surface area contributed by atoms with E-state index in [0.717, 1.165) is 0 Å². The fourth-order valence-electron chi connectivity index (χ4n) is 2.21. The molecular weight excluding hydrogens is 180 g/mol. The number of benzene rings is 2. The lowest BCUT2D eigenvalue weighted by atomic mass is 10.0. The van der Waals surface area contributed by atoms with E-state index in [9.17, 15) is 0 Å². The predicted octanol–water partition coefficient (Wildman–Crippen LogP) is 3.85. The predicted molar refractivity (Wildman–Crippen MR) is 63.6 cm³/mol. The van der Waals surface area contributed by atoms with E-state index in [1.165, 1.54) is 35.1 Å². The molecule has 0 aliphatic heterocycles. The molecule has 1 radical (unpaired) electrons. The van der Waals surface area contributed by atoms with Crippen molar-refractivity contribution in [3.63, 3.8) is 0 Å². The van der Waals surface area contributed by atoms with Crippen molar-refractivity contribution in [3.8, 4) is 11.1 Å². The van der Waals surface area contributed by atoms with Gasteiger partial charge in [0.2, 0.25) is 0 Å². The summed E-state index contributed by atoms with van der Waals surface area (Å²) in [6.07, 6.45) is 4.75. The lowest BCUT2D eigenvalue weighted by molar-refractivity contribution is 1.03. The van der Waals surface area contributed by atoms with Gasteiger partial charge in [0.25, 0.3) is 0 Å². The number of hydrogen-bond acceptors (Lipinski definition) is 0. The van der Waals surface area contributed by atoms with Gasteiger partial charge in [0.05, 0.1) is 0 Å². The molecule has 1 aliphatic carbocycles. The molecule has 0 nitrogen and oxygen atoms in total. The quantitative estimate of drug-likeness (QED) is 0.645. The SMILES string of the molecule is [CH]1CCc2ccc(-c3ccccc3)cc21. The third-order valence-corrected chi connectivity index (χ3v) is 3.03. The molecule has 73 valence electrons. The van der Waals surface area contributed by atoms with Gasteiger partial charge in [-0.3, -0.25) is 0 Å². The molecular formula is C15H13. The molecule has 0 fully saturated rings. The van der Waals surface area contributed by atoms with Gasteiger partial charge in [-0.1, -0.05) is 48.5 Å². The Bertz CT molecular complexity index is 469. The van der Waals surface area contributed by atoms with Gasteiger partial charge in [-0.25, -0.2) is 0 Å². The molecule has 0 amide bonds. The summed E-state index contributed by atoms with van der Waals surface area (Å²) in [5.41, 5.74) is 5.55. The second-order valence-corrected chi connectivity index (χ2v) is 4.02. The van der Waals surface area contributed by atoms with Gasteiger partial charge in [-0.15, -0.1) is 0 Å². The van der Waals surface area contributed by atoms with E-state index >= 15 is 0 Å². The van der Waals surface area contributed by atoms with Crippen LogP contribution in [0.25, 0.3) is 11.1 Å². The van der Waals surface area contributed by atoms with Gasteiger partial charge >= 0.3 is 0 Å². The van der Waals surface area contributed by atoms with Crippen molar-refractivity contribution in [2.24, 2.45) is 0 Å². The van der Waals surface area contributed by atoms with Gasteiger partial charge in [0.1, 0.15) is 0 Å². The molecule has 0 heterocycles. The van der Waals surface area contributed by atoms with E-state index in [4.69, 9.17) is 0 Å². The molecule has 2 aromatic rings. The van der Waals surface area contributed by atoms with Crippen LogP contribution >= 0.6 is 0 Å². The maximum atomic E-state index is 2.34. The molecule has 0 bridgehead atoms. The summed E-state index contributed by atoms with van der Waals surface area (Å²) in [5, 5.41) is 0. The monoisotopic (exact) mass is 193 g/mol. The zero-order chi connectivity index (χ0) is 10.1. The number of aryl methyl sites for hydroxylation is 1. The minimum Gasteiger partial charge on any atom is -0.0622 e. The molecule has 0 unspecified atom stereocenters. The summed E-state index contributed by atoms with van der Waals surface area (Å²) in [7, 11) is 0. The minimum atomic E-state index is 1.20. The summed E-state index contributed by atoms with van der Waals surface area (Å²) < 4.78 is 0. The van der Waals surface area contributed by atoms with E-state index in [2.05, 4.69) is 55.0 Å². The van der Waals surface area contributed by atoms with Gasteiger partial charge in [0, 0.05) is 0 Å². The minimum absolute atomic E-state index is 1.20. The van der Waals surface area contributed by atoms with Crippen LogP contribution in [-0.2, 0) is 6.42 Å². The largest absolute Gasteiger partial charge is 0.0622 e. The van der Waals surface area contributed by atoms with Crippen molar-refractivity contribution in [3.05, 3.63) is 66.1 Å². The lowest BCUT2D eigenvalue weighted by Gasteiger charge is -2.04. The Kier molecular flexibility index (Phi) is 2.06. The molecule has 0 spiro atoms. The molecule has 0 atom stereocenters. The maximum absolute atomic E-state index is 2.34. The van der Waals surface area contributed by atoms with Crippen molar-refractivity contribution >= 4 is 0 Å². The van der Waals surface area contributed by atoms with E-state index in [1.54, 1.807) is 0 Å². The summed E-state index contributed by atoms with van der Waals surface area (Å²) >= 11 is 0. The topological polar surface area (TPSA) is 0 Å². The van der Waals surface area contributed by atoms with Gasteiger partial charge in [-0.05, 0) is 41.5 Å². The molecule has 0 saturated carbocycles. The second kappa shape index (κ2) is 3.54. The first-order chi connectivity index (χ1) is 7.43. The van der Waals surface area contributed by atoms with Crippen molar-refractivity contribution in [1.82, 2.24) is 0 Å². The van der Waals surface area contributed by atoms with Crippen molar-refractivity contribution in [2.75, 3.05) is 0 Å². The summed E-state index contributed by atoms with van der Waals surface area (Å²) in [6, 6.07) is 17.4. The highest BCUT2D eigenvalue weighted by Crippen LogP contribution is 2.28. The molecule has 0 saturated heterocycles. The molecule has 1 aliphatic rings. The summed E-state index contributed by atoms with van der Waals surface area (Å²) in [4.78, 5) is 0. The molecule has 0 aromatic heterocycles. The van der Waals surface area contributed by atoms with Crippen LogP contribution in [0.2, 0.25) is 0 Å². The molecule has 2 aromatic carbocycles. The highest BCUT2D eigenvalue weighted by Gasteiger charge is 2.11. The highest BCUT2D eigenvalue weighted by atomic mass is 14.2. The fourth-order valence-corrected chi connectivity index (χ4v) is 2.21. The standard InChI is InChI=1S/C15H13/c1-2-5-12(6-3-1)15-10-9-13-7-4-8-14(13)11-15/h1-3,5-6,8-11H,4,7H2. The first-order valence-electron chi connectivity index (χ1n) is 5.45. The summed E-state index contributed by atoms with van der Waals surface area (Å²) in [6.45, 7) is 0. The van der Waals surface area contributed by atoms with Crippen molar-refractivity contribution in [2.45, 2.75) is 12.8 Å². The summed E-state index contributed by atoms with van der Waals surface area (Å²) in [5.74, 6) is 0. The van der Waals surface area contributed by atoms with Crippen LogP contribution in [0.3, 0.4) is 0 Å². The fraction of sp³-hybridized carbons (Fsp3) is 0.133. The number of rotatable bonds is 1. The zero-order valence-electron chi connectivity index (χ0n) is 8.61. The van der Waals surface area contributed by atoms with Crippen LogP contribution in [-0.4, -0.2) is 0 Å². The van der Waals surface area contributed by atoms with Crippen LogP contribution in [0, 0.1) is 6.42 Å². The van der Waals surface area contributed by atoms with Crippen molar-refractivity contribution in [1.29, 1.82) is 0 Å². The molecule has 0 N–H and O–H groups in total. The lowest BCUT2D eigenvalue weighted by Crippen LogP contribution is -1.83. The van der Waals surface area contributed by atoms with E-state index in [-0.39, 0.29) is 0 Å². The van der Waals surface area contributed by atoms with E-state index in [0.29, 0.717) is 0 Å². The van der Waals surface area contributed by atoms with E-state index < -0.39 is 0 Å². The van der Waals surface area contributed by atoms with Gasteiger partial charge in [0.15, 0.2) is 0 Å². The Balaban J connectivity index is 2.07. The van der Waals surface area contributed by atoms with Crippen LogP contribution in [0.1, 0.15) is 17.5 Å². The first-order valence-corrected chi connectivity index (χ1v) is 5.45. The average Bonchev–Trinajstić information content (AvgIpc) is 2.77. The third kappa shape index (κ3) is 1.56. The number of hydrogen-bond donors (Lipinski definition) is 0. The molecule has 3 rings (SSSR count). The van der Waals surface area contributed by atoms with Crippen molar-refractivity contribution < 1.29 is 0 Å². The average molecular weight is 193 g/mol. The van der Waals surface area contributed by atoms with Gasteiger partial charge in [-0.2, -0.15) is 0 Å². The van der Waals surface area contributed by atoms with E-state index in [1.807, 2.05) is 0 Å². The van der Waals surface area contributed by atoms with Gasteiger partial charge < -0.3 is 0 Å². The highest BCUT2D eigenvalue weighted by molar-refractivity contribution is 5.65. The zero-order valence-corrected chi connectivity index (χ0v) is 8.61.